The van der Waals surface area contributed by atoms with Crippen molar-refractivity contribution in [3.05, 3.63) is 47.7 Å². The van der Waals surface area contributed by atoms with Crippen LogP contribution in [0.2, 0.25) is 0 Å². The van der Waals surface area contributed by atoms with Crippen molar-refractivity contribution in [1.29, 1.82) is 0 Å². The van der Waals surface area contributed by atoms with Crippen molar-refractivity contribution >= 4 is 0 Å². The summed E-state index contributed by atoms with van der Waals surface area (Å²) in [4.78, 5) is 0. The molecule has 0 fully saturated rings. The molecule has 0 rings (SSSR count). The average molecular weight is 177 g/mol. The fourth-order valence-electron chi connectivity index (χ4n) is 0.977. The Labute approximate surface area is 81.5 Å². The Kier molecular flexibility index (Phi) is 5.69. The predicted molar refractivity (Wildman–Crippen MR) is 60.5 cm³/mol. The van der Waals surface area contributed by atoms with Crippen LogP contribution in [0.5, 0.6) is 0 Å². The maximum absolute atomic E-state index is 3.81. The summed E-state index contributed by atoms with van der Waals surface area (Å²) in [5, 5.41) is 3.14. The molecule has 0 saturated carbocycles. The fraction of sp³-hybridized carbons (Fsp3) is 0.333. The molecule has 0 aromatic rings. The highest BCUT2D eigenvalue weighted by Gasteiger charge is 1.91. The maximum Gasteiger partial charge on any atom is 0.0367 e. The van der Waals surface area contributed by atoms with E-state index >= 15 is 0 Å². The summed E-state index contributed by atoms with van der Waals surface area (Å²) in [7, 11) is 1.92. The summed E-state index contributed by atoms with van der Waals surface area (Å²) in [6.07, 6.45) is 8.15. The molecule has 0 aliphatic carbocycles. The zero-order chi connectivity index (χ0) is 10.3. The first-order valence-corrected chi connectivity index (χ1v) is 4.46. The van der Waals surface area contributed by atoms with Crippen LogP contribution in [0.1, 0.15) is 20.8 Å². The molecule has 1 N–H and O–H groups in total. The normalized spacial score (nSPS) is 13.5. The summed E-state index contributed by atoms with van der Waals surface area (Å²) >= 11 is 0. The summed E-state index contributed by atoms with van der Waals surface area (Å²) < 4.78 is 0. The van der Waals surface area contributed by atoms with Crippen LogP contribution in [-0.2, 0) is 0 Å². The lowest BCUT2D eigenvalue weighted by atomic mass is 10.2. The minimum absolute atomic E-state index is 1.06. The molecule has 0 atom stereocenters. The van der Waals surface area contributed by atoms with Crippen LogP contribution in [-0.4, -0.2) is 7.05 Å². The first-order valence-electron chi connectivity index (χ1n) is 4.46. The molecule has 0 heterocycles. The summed E-state index contributed by atoms with van der Waals surface area (Å²) in [5.41, 5.74) is 3.41. The molecule has 0 saturated heterocycles. The van der Waals surface area contributed by atoms with Crippen LogP contribution in [0.3, 0.4) is 0 Å². The Morgan fingerprint density at radius 2 is 1.77 bits per heavy atom. The highest BCUT2D eigenvalue weighted by molar-refractivity contribution is 5.32. The molecule has 0 radical (unpaired) electrons. The van der Waals surface area contributed by atoms with Gasteiger partial charge in [-0.2, -0.15) is 0 Å². The third kappa shape index (κ3) is 5.07. The quantitative estimate of drug-likeness (QED) is 0.650. The minimum Gasteiger partial charge on any atom is -0.388 e. The minimum atomic E-state index is 1.06. The van der Waals surface area contributed by atoms with Crippen molar-refractivity contribution in [2.24, 2.45) is 0 Å². The number of likely N-dealkylation sites (N-methyl/N-ethyl adjacent to an activating group) is 1. The number of nitrogens with one attached hydrogen (secondary N) is 1. The van der Waals surface area contributed by atoms with Crippen LogP contribution in [0.15, 0.2) is 47.7 Å². The smallest absolute Gasteiger partial charge is 0.0367 e. The van der Waals surface area contributed by atoms with E-state index in [0.29, 0.717) is 0 Å². The van der Waals surface area contributed by atoms with Crippen LogP contribution in [0.25, 0.3) is 0 Å². The molecular formula is C12H19N. The fourth-order valence-corrected chi connectivity index (χ4v) is 0.977. The number of rotatable bonds is 4. The average Bonchev–Trinajstić information content (AvgIpc) is 2.05. The molecule has 0 unspecified atom stereocenters. The molecule has 0 aliphatic heterocycles. The van der Waals surface area contributed by atoms with Gasteiger partial charge in [-0.05, 0) is 32.4 Å². The van der Waals surface area contributed by atoms with Crippen molar-refractivity contribution in [1.82, 2.24) is 5.32 Å². The van der Waals surface area contributed by atoms with Gasteiger partial charge in [-0.1, -0.05) is 30.4 Å². The van der Waals surface area contributed by atoms with Crippen molar-refractivity contribution in [3.8, 4) is 0 Å². The lowest BCUT2D eigenvalue weighted by molar-refractivity contribution is 1.01. The van der Waals surface area contributed by atoms with E-state index < -0.39 is 0 Å². The second-order valence-corrected chi connectivity index (χ2v) is 3.03. The third-order valence-electron chi connectivity index (χ3n) is 1.65. The zero-order valence-corrected chi connectivity index (χ0v) is 9.02. The Hall–Kier alpha value is -1.24. The Morgan fingerprint density at radius 3 is 2.15 bits per heavy atom. The van der Waals surface area contributed by atoms with Gasteiger partial charge in [-0.3, -0.25) is 0 Å². The predicted octanol–water partition coefficient (Wildman–Crippen LogP) is 3.19. The Balaban J connectivity index is 4.68. The van der Waals surface area contributed by atoms with Gasteiger partial charge in [0, 0.05) is 12.7 Å². The van der Waals surface area contributed by atoms with Crippen molar-refractivity contribution < 1.29 is 0 Å². The van der Waals surface area contributed by atoms with Gasteiger partial charge < -0.3 is 5.32 Å². The Bertz CT molecular complexity index is 254. The second-order valence-electron chi connectivity index (χ2n) is 3.03. The highest BCUT2D eigenvalue weighted by Crippen LogP contribution is 2.05. The van der Waals surface area contributed by atoms with Crippen LogP contribution < -0.4 is 5.32 Å². The van der Waals surface area contributed by atoms with E-state index in [2.05, 4.69) is 24.9 Å². The Morgan fingerprint density at radius 1 is 1.15 bits per heavy atom. The molecular weight excluding hydrogens is 158 g/mol. The lowest BCUT2D eigenvalue weighted by Gasteiger charge is -2.03. The van der Waals surface area contributed by atoms with Gasteiger partial charge in [0.1, 0.15) is 0 Å². The molecule has 0 aromatic carbocycles. The van der Waals surface area contributed by atoms with Gasteiger partial charge in [-0.15, -0.1) is 0 Å². The monoisotopic (exact) mass is 177 g/mol. The van der Waals surface area contributed by atoms with E-state index in [9.17, 15) is 0 Å². The summed E-state index contributed by atoms with van der Waals surface area (Å²) in [6.45, 7) is 9.88. The number of allylic oxidation sites excluding steroid dienone is 6. The summed E-state index contributed by atoms with van der Waals surface area (Å²) in [6, 6.07) is 0. The van der Waals surface area contributed by atoms with Crippen LogP contribution in [0.4, 0.5) is 0 Å². The SMILES string of the molecule is C=C(C)\C=C/C(NC)=C(C)/C=C\C. The molecule has 72 valence electrons. The molecule has 13 heavy (non-hydrogen) atoms. The van der Waals surface area contributed by atoms with E-state index in [1.54, 1.807) is 0 Å². The standard InChI is InChI=1S/C12H19N/c1-6-7-11(4)12(13-5)9-8-10(2)3/h6-9,13H,2H2,1,3-5H3/b7-6-,9-8-,12-11-. The largest absolute Gasteiger partial charge is 0.388 e. The zero-order valence-electron chi connectivity index (χ0n) is 9.02. The van der Waals surface area contributed by atoms with Crippen LogP contribution >= 0.6 is 0 Å². The van der Waals surface area contributed by atoms with Gasteiger partial charge >= 0.3 is 0 Å². The summed E-state index contributed by atoms with van der Waals surface area (Å²) in [5.74, 6) is 0. The van der Waals surface area contributed by atoms with Gasteiger partial charge in [0.15, 0.2) is 0 Å². The van der Waals surface area contributed by atoms with Crippen molar-refractivity contribution in [2.75, 3.05) is 7.05 Å². The van der Waals surface area contributed by atoms with E-state index in [-0.39, 0.29) is 0 Å². The third-order valence-corrected chi connectivity index (χ3v) is 1.65. The maximum atomic E-state index is 3.81. The highest BCUT2D eigenvalue weighted by atomic mass is 14.8. The topological polar surface area (TPSA) is 12.0 Å². The molecule has 0 spiro atoms. The van der Waals surface area contributed by atoms with Crippen molar-refractivity contribution in [3.63, 3.8) is 0 Å². The molecule has 1 nitrogen and oxygen atoms in total. The lowest BCUT2D eigenvalue weighted by Crippen LogP contribution is -2.05. The van der Waals surface area contributed by atoms with Crippen LogP contribution in [0, 0.1) is 0 Å². The first-order chi connectivity index (χ1) is 6.11. The van der Waals surface area contributed by atoms with E-state index in [0.717, 1.165) is 11.3 Å². The second kappa shape index (κ2) is 6.30. The van der Waals surface area contributed by atoms with E-state index in [1.165, 1.54) is 5.57 Å². The van der Waals surface area contributed by atoms with E-state index in [4.69, 9.17) is 0 Å². The molecule has 0 aliphatic rings. The van der Waals surface area contributed by atoms with Gasteiger partial charge in [0.05, 0.1) is 0 Å². The molecule has 0 aromatic heterocycles. The number of hydrogen-bond acceptors (Lipinski definition) is 1. The van der Waals surface area contributed by atoms with Gasteiger partial charge in [0.25, 0.3) is 0 Å². The molecule has 0 bridgehead atoms. The van der Waals surface area contributed by atoms with Gasteiger partial charge in [-0.25, -0.2) is 0 Å². The van der Waals surface area contributed by atoms with Crippen molar-refractivity contribution in [2.45, 2.75) is 20.8 Å². The van der Waals surface area contributed by atoms with E-state index in [1.807, 2.05) is 39.1 Å². The number of hydrogen-bond donors (Lipinski definition) is 1. The van der Waals surface area contributed by atoms with Gasteiger partial charge in [0.2, 0.25) is 0 Å². The molecule has 0 amide bonds. The first kappa shape index (κ1) is 11.8. The molecule has 1 heteroatoms.